The average Bonchev–Trinajstić information content (AvgIpc) is 3.13. The zero-order valence-corrected chi connectivity index (χ0v) is 14.4. The molecule has 1 unspecified atom stereocenters. The topological polar surface area (TPSA) is 44.8 Å². The van der Waals surface area contributed by atoms with Crippen molar-refractivity contribution in [3.05, 3.63) is 59.7 Å². The van der Waals surface area contributed by atoms with E-state index in [2.05, 4.69) is 0 Å². The first-order valence-corrected chi connectivity index (χ1v) is 9.05. The van der Waals surface area contributed by atoms with E-state index >= 15 is 0 Å². The minimum absolute atomic E-state index is 0.0162. The molecular weight excluding hydrogens is 324 g/mol. The fourth-order valence-corrected chi connectivity index (χ4v) is 3.57. The molecular formula is C19H20O4S. The van der Waals surface area contributed by atoms with Crippen LogP contribution in [-0.4, -0.2) is 30.7 Å². The Kier molecular flexibility index (Phi) is 5.64. The average molecular weight is 344 g/mol. The van der Waals surface area contributed by atoms with Gasteiger partial charge >= 0.3 is 5.97 Å². The Morgan fingerprint density at radius 3 is 2.71 bits per heavy atom. The third-order valence-electron chi connectivity index (χ3n) is 3.80. The van der Waals surface area contributed by atoms with E-state index in [0.29, 0.717) is 23.7 Å². The van der Waals surface area contributed by atoms with Crippen LogP contribution in [0.4, 0.5) is 0 Å². The SMILES string of the molecule is COc1cc(C(=O)OC2CCSC2)ccc1OCc1ccccc1. The number of methoxy groups -OCH3 is 1. The second-order valence-electron chi connectivity index (χ2n) is 5.53. The number of carbonyl (C=O) groups excluding carboxylic acids is 1. The highest BCUT2D eigenvalue weighted by Gasteiger charge is 2.21. The van der Waals surface area contributed by atoms with Gasteiger partial charge in [0.15, 0.2) is 11.5 Å². The van der Waals surface area contributed by atoms with Crippen molar-refractivity contribution in [1.29, 1.82) is 0 Å². The van der Waals surface area contributed by atoms with Crippen LogP contribution < -0.4 is 9.47 Å². The Labute approximate surface area is 146 Å². The maximum absolute atomic E-state index is 12.2. The van der Waals surface area contributed by atoms with E-state index < -0.39 is 0 Å². The van der Waals surface area contributed by atoms with Gasteiger partial charge in [-0.05, 0) is 35.9 Å². The van der Waals surface area contributed by atoms with Gasteiger partial charge in [0, 0.05) is 5.75 Å². The Bertz CT molecular complexity index is 681. The molecule has 0 amide bonds. The molecule has 2 aromatic carbocycles. The van der Waals surface area contributed by atoms with Crippen molar-refractivity contribution in [2.75, 3.05) is 18.6 Å². The molecule has 0 saturated carbocycles. The molecule has 1 aliphatic rings. The summed E-state index contributed by atoms with van der Waals surface area (Å²) in [5.74, 6) is 2.75. The van der Waals surface area contributed by atoms with Gasteiger partial charge in [0.2, 0.25) is 0 Å². The van der Waals surface area contributed by atoms with E-state index in [-0.39, 0.29) is 12.1 Å². The number of rotatable bonds is 6. The number of carbonyl (C=O) groups is 1. The van der Waals surface area contributed by atoms with E-state index in [0.717, 1.165) is 23.5 Å². The molecule has 0 spiro atoms. The summed E-state index contributed by atoms with van der Waals surface area (Å²) in [6, 6.07) is 15.0. The maximum atomic E-state index is 12.2. The van der Waals surface area contributed by atoms with Gasteiger partial charge in [0.25, 0.3) is 0 Å². The lowest BCUT2D eigenvalue weighted by Gasteiger charge is -2.14. The van der Waals surface area contributed by atoms with Crippen molar-refractivity contribution in [2.24, 2.45) is 0 Å². The van der Waals surface area contributed by atoms with E-state index in [4.69, 9.17) is 14.2 Å². The number of esters is 1. The first-order chi connectivity index (χ1) is 11.8. The van der Waals surface area contributed by atoms with Gasteiger partial charge in [-0.2, -0.15) is 11.8 Å². The molecule has 1 atom stereocenters. The summed E-state index contributed by atoms with van der Waals surface area (Å²) >= 11 is 1.81. The zero-order valence-electron chi connectivity index (χ0n) is 13.6. The standard InChI is InChI=1S/C19H20O4S/c1-21-18-11-15(19(20)23-16-9-10-24-13-16)7-8-17(18)22-12-14-5-3-2-4-6-14/h2-8,11,16H,9-10,12-13H2,1H3. The van der Waals surface area contributed by atoms with Crippen LogP contribution in [0.15, 0.2) is 48.5 Å². The Morgan fingerprint density at radius 2 is 2.00 bits per heavy atom. The van der Waals surface area contributed by atoms with Gasteiger partial charge < -0.3 is 14.2 Å². The molecule has 2 aromatic rings. The molecule has 4 nitrogen and oxygen atoms in total. The van der Waals surface area contributed by atoms with E-state index in [1.807, 2.05) is 42.1 Å². The molecule has 126 valence electrons. The third-order valence-corrected chi connectivity index (χ3v) is 4.93. The van der Waals surface area contributed by atoms with Gasteiger partial charge in [0.1, 0.15) is 12.7 Å². The fraction of sp³-hybridized carbons (Fsp3) is 0.316. The predicted molar refractivity (Wildman–Crippen MR) is 94.9 cm³/mol. The number of benzene rings is 2. The van der Waals surface area contributed by atoms with Crippen LogP contribution in [0.2, 0.25) is 0 Å². The van der Waals surface area contributed by atoms with Crippen molar-refractivity contribution < 1.29 is 19.0 Å². The fourth-order valence-electron chi connectivity index (χ4n) is 2.47. The zero-order chi connectivity index (χ0) is 16.8. The van der Waals surface area contributed by atoms with Crippen LogP contribution in [0, 0.1) is 0 Å². The van der Waals surface area contributed by atoms with E-state index in [9.17, 15) is 4.79 Å². The molecule has 1 heterocycles. The summed E-state index contributed by atoms with van der Waals surface area (Å²) < 4.78 is 16.7. The van der Waals surface area contributed by atoms with Crippen molar-refractivity contribution in [1.82, 2.24) is 0 Å². The molecule has 0 bridgehead atoms. The van der Waals surface area contributed by atoms with E-state index in [1.165, 1.54) is 0 Å². The van der Waals surface area contributed by atoms with Gasteiger partial charge in [-0.3, -0.25) is 0 Å². The largest absolute Gasteiger partial charge is 0.493 e. The Morgan fingerprint density at radius 1 is 1.17 bits per heavy atom. The summed E-state index contributed by atoms with van der Waals surface area (Å²) in [6.07, 6.45) is 0.939. The van der Waals surface area contributed by atoms with E-state index in [1.54, 1.807) is 25.3 Å². The summed E-state index contributed by atoms with van der Waals surface area (Å²) in [7, 11) is 1.56. The highest BCUT2D eigenvalue weighted by molar-refractivity contribution is 7.99. The Balaban J connectivity index is 1.66. The lowest BCUT2D eigenvalue weighted by molar-refractivity contribution is 0.0356. The third kappa shape index (κ3) is 4.23. The highest BCUT2D eigenvalue weighted by atomic mass is 32.2. The van der Waals surface area contributed by atoms with Crippen LogP contribution in [0.5, 0.6) is 11.5 Å². The van der Waals surface area contributed by atoms with Gasteiger partial charge in [-0.1, -0.05) is 30.3 Å². The quantitative estimate of drug-likeness (QED) is 0.743. The van der Waals surface area contributed by atoms with Crippen molar-refractivity contribution in [2.45, 2.75) is 19.1 Å². The van der Waals surface area contributed by atoms with Crippen LogP contribution in [0.1, 0.15) is 22.3 Å². The van der Waals surface area contributed by atoms with Crippen molar-refractivity contribution >= 4 is 17.7 Å². The van der Waals surface area contributed by atoms with Crippen LogP contribution in [0.3, 0.4) is 0 Å². The van der Waals surface area contributed by atoms with Crippen LogP contribution in [0.25, 0.3) is 0 Å². The number of ether oxygens (including phenoxy) is 3. The lowest BCUT2D eigenvalue weighted by Crippen LogP contribution is -2.17. The van der Waals surface area contributed by atoms with Gasteiger partial charge in [-0.25, -0.2) is 4.79 Å². The molecule has 5 heteroatoms. The summed E-state index contributed by atoms with van der Waals surface area (Å²) in [5, 5.41) is 0. The van der Waals surface area contributed by atoms with Gasteiger partial charge in [-0.15, -0.1) is 0 Å². The number of thioether (sulfide) groups is 1. The Hall–Kier alpha value is -2.14. The van der Waals surface area contributed by atoms with Crippen LogP contribution >= 0.6 is 11.8 Å². The minimum Gasteiger partial charge on any atom is -0.493 e. The minimum atomic E-state index is -0.310. The monoisotopic (exact) mass is 344 g/mol. The smallest absolute Gasteiger partial charge is 0.338 e. The number of hydrogen-bond donors (Lipinski definition) is 0. The summed E-state index contributed by atoms with van der Waals surface area (Å²) in [4.78, 5) is 12.2. The molecule has 1 saturated heterocycles. The molecule has 0 N–H and O–H groups in total. The van der Waals surface area contributed by atoms with Crippen LogP contribution in [-0.2, 0) is 11.3 Å². The predicted octanol–water partition coefficient (Wildman–Crippen LogP) is 3.94. The van der Waals surface area contributed by atoms with Crippen molar-refractivity contribution in [3.8, 4) is 11.5 Å². The first kappa shape index (κ1) is 16.7. The second-order valence-corrected chi connectivity index (χ2v) is 6.68. The molecule has 0 aliphatic carbocycles. The molecule has 24 heavy (non-hydrogen) atoms. The number of hydrogen-bond acceptors (Lipinski definition) is 5. The summed E-state index contributed by atoms with van der Waals surface area (Å²) in [5.41, 5.74) is 1.55. The lowest BCUT2D eigenvalue weighted by atomic mass is 10.2. The molecule has 3 rings (SSSR count). The molecule has 1 aliphatic heterocycles. The van der Waals surface area contributed by atoms with Crippen molar-refractivity contribution in [3.63, 3.8) is 0 Å². The molecule has 1 fully saturated rings. The first-order valence-electron chi connectivity index (χ1n) is 7.90. The second kappa shape index (κ2) is 8.11. The maximum Gasteiger partial charge on any atom is 0.338 e. The summed E-state index contributed by atoms with van der Waals surface area (Å²) in [6.45, 7) is 0.445. The molecule has 0 aromatic heterocycles. The normalized spacial score (nSPS) is 16.6. The van der Waals surface area contributed by atoms with Gasteiger partial charge in [0.05, 0.1) is 12.7 Å². The molecule has 0 radical (unpaired) electrons. The highest BCUT2D eigenvalue weighted by Crippen LogP contribution is 2.30.